The summed E-state index contributed by atoms with van der Waals surface area (Å²) in [5, 5.41) is 7.45. The first-order chi connectivity index (χ1) is 7.87. The second-order valence-electron chi connectivity index (χ2n) is 4.28. The van der Waals surface area contributed by atoms with E-state index in [0.717, 1.165) is 0 Å². The van der Waals surface area contributed by atoms with E-state index in [1.54, 1.807) is 25.9 Å². The van der Waals surface area contributed by atoms with Crippen LogP contribution in [0, 0.1) is 5.41 Å². The lowest BCUT2D eigenvalue weighted by Gasteiger charge is -2.38. The first-order valence-electron chi connectivity index (χ1n) is 6.07. The summed E-state index contributed by atoms with van der Waals surface area (Å²) in [5.41, 5.74) is -1.82. The third kappa shape index (κ3) is 3.98. The summed E-state index contributed by atoms with van der Waals surface area (Å²) in [6.45, 7) is 6.30. The minimum Gasteiger partial charge on any atom is -0.357 e. The van der Waals surface area contributed by atoms with E-state index < -0.39 is 11.6 Å². The molecule has 0 aromatic heterocycles. The topological polar surface area (TPSA) is 47.4 Å². The number of carbonyl (C=O) groups excluding carboxylic acids is 1. The zero-order chi connectivity index (χ0) is 13.6. The molecule has 1 unspecified atom stereocenters. The molecule has 1 rings (SSSR count). The van der Waals surface area contributed by atoms with E-state index in [1.165, 1.54) is 4.90 Å². The van der Waals surface area contributed by atoms with Crippen molar-refractivity contribution < 1.29 is 9.18 Å². The molecule has 1 fully saturated rings. The number of amides is 1. The smallest absolute Gasteiger partial charge is 0.261 e. The van der Waals surface area contributed by atoms with Crippen molar-refractivity contribution in [3.63, 3.8) is 0 Å². The number of hydrogen-bond donors (Lipinski definition) is 1. The number of nitrogens with zero attached hydrogens (tertiary/aromatic N) is 2. The number of nitrogens with one attached hydrogen (secondary N) is 1. The molecule has 1 aliphatic rings. The minimum absolute atomic E-state index is 0.0132. The van der Waals surface area contributed by atoms with Crippen LogP contribution in [0.25, 0.3) is 0 Å². The number of hydrogen-bond acceptors (Lipinski definition) is 2. The summed E-state index contributed by atoms with van der Waals surface area (Å²) >= 11 is 0. The van der Waals surface area contributed by atoms with Crippen LogP contribution >= 0.6 is 0 Å². The molecular formula is C12H24FN3O. The second-order valence-corrected chi connectivity index (χ2v) is 4.28. The number of piperidine rings is 1. The number of halogens is 1. The molecule has 4 nitrogen and oxygen atoms in total. The van der Waals surface area contributed by atoms with Gasteiger partial charge in [0.1, 0.15) is 0 Å². The van der Waals surface area contributed by atoms with Crippen LogP contribution in [0.5, 0.6) is 0 Å². The summed E-state index contributed by atoms with van der Waals surface area (Å²) in [6, 6.07) is 0. The Balaban J connectivity index is 0.00000121. The van der Waals surface area contributed by atoms with Gasteiger partial charge in [-0.25, -0.2) is 4.39 Å². The number of carbonyl (C=O) groups is 1. The van der Waals surface area contributed by atoms with E-state index in [-0.39, 0.29) is 13.0 Å². The molecule has 0 aromatic carbocycles. The van der Waals surface area contributed by atoms with Crippen LogP contribution in [-0.4, -0.2) is 54.4 Å². The van der Waals surface area contributed by atoms with Gasteiger partial charge in [-0.3, -0.25) is 10.2 Å². The Bertz CT molecular complexity index is 281. The molecule has 1 amide bonds. The van der Waals surface area contributed by atoms with Crippen LogP contribution in [0.1, 0.15) is 33.6 Å². The number of rotatable bonds is 1. The molecule has 0 aromatic rings. The van der Waals surface area contributed by atoms with Crippen LogP contribution in [0.3, 0.4) is 0 Å². The van der Waals surface area contributed by atoms with Gasteiger partial charge in [0.25, 0.3) is 5.91 Å². The fraction of sp³-hybridized carbons (Fsp3) is 0.833. The van der Waals surface area contributed by atoms with Crippen LogP contribution in [-0.2, 0) is 4.79 Å². The van der Waals surface area contributed by atoms with E-state index in [2.05, 4.69) is 0 Å². The maximum absolute atomic E-state index is 14.3. The molecule has 0 spiro atoms. The molecule has 100 valence electrons. The van der Waals surface area contributed by atoms with Gasteiger partial charge in [0, 0.05) is 20.6 Å². The molecule has 0 aliphatic carbocycles. The van der Waals surface area contributed by atoms with Gasteiger partial charge >= 0.3 is 0 Å². The third-order valence-corrected chi connectivity index (χ3v) is 2.71. The second kappa shape index (κ2) is 6.57. The van der Waals surface area contributed by atoms with Crippen LogP contribution < -0.4 is 0 Å². The van der Waals surface area contributed by atoms with E-state index in [1.807, 2.05) is 13.8 Å². The normalized spacial score (nSPS) is 23.5. The molecule has 1 saturated heterocycles. The van der Waals surface area contributed by atoms with Crippen molar-refractivity contribution in [3.8, 4) is 0 Å². The van der Waals surface area contributed by atoms with Gasteiger partial charge in [0.05, 0.1) is 12.4 Å². The van der Waals surface area contributed by atoms with Gasteiger partial charge in [-0.15, -0.1) is 0 Å². The van der Waals surface area contributed by atoms with Crippen LogP contribution in [0.2, 0.25) is 0 Å². The average Bonchev–Trinajstić information content (AvgIpc) is 2.30. The van der Waals surface area contributed by atoms with Crippen molar-refractivity contribution in [2.45, 2.75) is 39.3 Å². The lowest BCUT2D eigenvalue weighted by atomic mass is 9.93. The highest BCUT2D eigenvalue weighted by Crippen LogP contribution is 2.27. The Kier molecular flexibility index (Phi) is 6.13. The summed E-state index contributed by atoms with van der Waals surface area (Å²) in [5.74, 6) is -0.170. The van der Waals surface area contributed by atoms with Gasteiger partial charge in [-0.1, -0.05) is 13.8 Å². The Morgan fingerprint density at radius 2 is 1.94 bits per heavy atom. The van der Waals surface area contributed by atoms with Crippen molar-refractivity contribution in [2.24, 2.45) is 0 Å². The Labute approximate surface area is 103 Å². The Morgan fingerprint density at radius 1 is 1.41 bits per heavy atom. The molecule has 5 heteroatoms. The summed E-state index contributed by atoms with van der Waals surface area (Å²) in [6.07, 6.45) is 0.875. The summed E-state index contributed by atoms with van der Waals surface area (Å²) in [7, 11) is 3.11. The van der Waals surface area contributed by atoms with Crippen molar-refractivity contribution in [1.82, 2.24) is 9.80 Å². The molecule has 1 atom stereocenters. The van der Waals surface area contributed by atoms with Crippen LogP contribution in [0.4, 0.5) is 4.39 Å². The highest BCUT2D eigenvalue weighted by atomic mass is 19.1. The average molecular weight is 245 g/mol. The Hall–Kier alpha value is -1.13. The van der Waals surface area contributed by atoms with E-state index >= 15 is 0 Å². The maximum atomic E-state index is 14.3. The molecule has 1 heterocycles. The number of likely N-dealkylation sites (tertiary alicyclic amines) is 1. The van der Waals surface area contributed by atoms with Gasteiger partial charge in [-0.2, -0.15) is 0 Å². The van der Waals surface area contributed by atoms with E-state index in [9.17, 15) is 9.18 Å². The SMILES string of the molecule is CC.CC(=N)N1CCCC(F)(C(=O)N(C)C)C1. The van der Waals surface area contributed by atoms with Crippen molar-refractivity contribution >= 4 is 11.7 Å². The highest BCUT2D eigenvalue weighted by molar-refractivity contribution is 5.86. The van der Waals surface area contributed by atoms with Gasteiger partial charge in [0.2, 0.25) is 5.67 Å². The van der Waals surface area contributed by atoms with Crippen molar-refractivity contribution in [3.05, 3.63) is 0 Å². The fourth-order valence-corrected chi connectivity index (χ4v) is 1.87. The minimum atomic E-state index is -1.82. The van der Waals surface area contributed by atoms with Crippen LogP contribution in [0.15, 0.2) is 0 Å². The number of alkyl halides is 1. The predicted molar refractivity (Wildman–Crippen MR) is 68.1 cm³/mol. The van der Waals surface area contributed by atoms with Crippen molar-refractivity contribution in [1.29, 1.82) is 5.41 Å². The molecular weight excluding hydrogens is 221 g/mol. The predicted octanol–water partition coefficient (Wildman–Crippen LogP) is 1.90. The van der Waals surface area contributed by atoms with Gasteiger partial charge in [-0.05, 0) is 19.8 Å². The first-order valence-corrected chi connectivity index (χ1v) is 6.07. The molecule has 0 radical (unpaired) electrons. The fourth-order valence-electron chi connectivity index (χ4n) is 1.87. The molecule has 0 bridgehead atoms. The summed E-state index contributed by atoms with van der Waals surface area (Å²) in [4.78, 5) is 14.5. The molecule has 1 N–H and O–H groups in total. The van der Waals surface area contributed by atoms with Gasteiger partial charge < -0.3 is 9.80 Å². The third-order valence-electron chi connectivity index (χ3n) is 2.71. The lowest BCUT2D eigenvalue weighted by molar-refractivity contribution is -0.144. The molecule has 0 saturated carbocycles. The van der Waals surface area contributed by atoms with E-state index in [0.29, 0.717) is 18.8 Å². The standard InChI is InChI=1S/C10H18FN3O.C2H6/c1-8(12)14-6-4-5-10(11,7-14)9(15)13(2)3;1-2/h12H,4-7H2,1-3H3;1-2H3. The van der Waals surface area contributed by atoms with Gasteiger partial charge in [0.15, 0.2) is 0 Å². The zero-order valence-electron chi connectivity index (χ0n) is 11.5. The maximum Gasteiger partial charge on any atom is 0.261 e. The zero-order valence-corrected chi connectivity index (χ0v) is 11.5. The molecule has 17 heavy (non-hydrogen) atoms. The summed E-state index contributed by atoms with van der Waals surface area (Å²) < 4.78 is 14.3. The first kappa shape index (κ1) is 15.9. The quantitative estimate of drug-likeness (QED) is 0.566. The van der Waals surface area contributed by atoms with E-state index in [4.69, 9.17) is 5.41 Å². The largest absolute Gasteiger partial charge is 0.357 e. The number of amidine groups is 1. The monoisotopic (exact) mass is 245 g/mol. The lowest BCUT2D eigenvalue weighted by Crippen LogP contribution is -2.54. The molecule has 1 aliphatic heterocycles. The Morgan fingerprint density at radius 3 is 2.35 bits per heavy atom. The highest BCUT2D eigenvalue weighted by Gasteiger charge is 2.43. The van der Waals surface area contributed by atoms with Crippen molar-refractivity contribution in [2.75, 3.05) is 27.2 Å².